The predicted molar refractivity (Wildman–Crippen MR) is 127 cm³/mol. The van der Waals surface area contributed by atoms with Gasteiger partial charge in [0, 0.05) is 25.4 Å². The lowest BCUT2D eigenvalue weighted by Gasteiger charge is -2.29. The molecule has 0 radical (unpaired) electrons. The van der Waals surface area contributed by atoms with Gasteiger partial charge in [0.1, 0.15) is 5.75 Å². The second-order valence-corrected chi connectivity index (χ2v) is 8.41. The standard InChI is InChI=1S/C20H32N4OS.HI/c1-21-20(22-14-18-9-6-12-26-18)23-15-19(24-10-3-4-11-24)16-7-5-8-17(13-16)25-2;/h5,7-8,13,18-19H,3-4,6,9-12,14-15H2,1-2H3,(H2,21,22,23);1H. The number of likely N-dealkylation sites (tertiary alicyclic amines) is 1. The summed E-state index contributed by atoms with van der Waals surface area (Å²) >= 11 is 2.07. The van der Waals surface area contributed by atoms with Crippen molar-refractivity contribution in [3.8, 4) is 5.75 Å². The molecular weight excluding hydrogens is 471 g/mol. The van der Waals surface area contributed by atoms with Gasteiger partial charge in [-0.3, -0.25) is 9.89 Å². The number of thioether (sulfide) groups is 1. The summed E-state index contributed by atoms with van der Waals surface area (Å²) < 4.78 is 5.43. The van der Waals surface area contributed by atoms with E-state index in [0.717, 1.165) is 43.1 Å². The summed E-state index contributed by atoms with van der Waals surface area (Å²) in [5.41, 5.74) is 1.31. The van der Waals surface area contributed by atoms with E-state index < -0.39 is 0 Å². The van der Waals surface area contributed by atoms with Gasteiger partial charge < -0.3 is 15.4 Å². The van der Waals surface area contributed by atoms with Crippen molar-refractivity contribution in [2.45, 2.75) is 37.0 Å². The van der Waals surface area contributed by atoms with Crippen molar-refractivity contribution in [2.75, 3.05) is 46.1 Å². The molecule has 27 heavy (non-hydrogen) atoms. The molecule has 0 amide bonds. The fourth-order valence-electron chi connectivity index (χ4n) is 3.79. The van der Waals surface area contributed by atoms with E-state index in [1.807, 2.05) is 13.1 Å². The molecule has 2 saturated heterocycles. The number of halogens is 1. The van der Waals surface area contributed by atoms with Crippen LogP contribution in [0.15, 0.2) is 29.3 Å². The molecule has 2 unspecified atom stereocenters. The quantitative estimate of drug-likeness (QED) is 0.338. The molecule has 1 aromatic rings. The van der Waals surface area contributed by atoms with Crippen molar-refractivity contribution >= 4 is 41.7 Å². The molecule has 0 spiro atoms. The van der Waals surface area contributed by atoms with Crippen molar-refractivity contribution in [3.05, 3.63) is 29.8 Å². The third-order valence-electron chi connectivity index (χ3n) is 5.27. The Balaban J connectivity index is 0.00000261. The zero-order chi connectivity index (χ0) is 18.2. The van der Waals surface area contributed by atoms with E-state index in [4.69, 9.17) is 4.74 Å². The smallest absolute Gasteiger partial charge is 0.191 e. The highest BCUT2D eigenvalue weighted by Gasteiger charge is 2.24. The van der Waals surface area contributed by atoms with Gasteiger partial charge in [-0.15, -0.1) is 24.0 Å². The fraction of sp³-hybridized carbons (Fsp3) is 0.650. The zero-order valence-electron chi connectivity index (χ0n) is 16.4. The minimum atomic E-state index is 0. The number of guanidine groups is 1. The summed E-state index contributed by atoms with van der Waals surface area (Å²) in [5.74, 6) is 3.13. The summed E-state index contributed by atoms with van der Waals surface area (Å²) in [7, 11) is 3.59. The molecule has 3 rings (SSSR count). The molecular formula is C20H33IN4OS. The first kappa shape index (κ1) is 22.6. The minimum absolute atomic E-state index is 0. The monoisotopic (exact) mass is 504 g/mol. The van der Waals surface area contributed by atoms with Crippen LogP contribution in [0.2, 0.25) is 0 Å². The molecule has 2 N–H and O–H groups in total. The van der Waals surface area contributed by atoms with Crippen molar-refractivity contribution < 1.29 is 4.74 Å². The first-order valence-corrected chi connectivity index (χ1v) is 10.8. The zero-order valence-corrected chi connectivity index (χ0v) is 19.6. The maximum atomic E-state index is 5.43. The molecule has 7 heteroatoms. The number of rotatable bonds is 7. The van der Waals surface area contributed by atoms with E-state index in [1.54, 1.807) is 7.11 Å². The van der Waals surface area contributed by atoms with Crippen molar-refractivity contribution in [3.63, 3.8) is 0 Å². The van der Waals surface area contributed by atoms with Crippen molar-refractivity contribution in [1.29, 1.82) is 0 Å². The molecule has 2 fully saturated rings. The van der Waals surface area contributed by atoms with Crippen LogP contribution in [0.1, 0.15) is 37.3 Å². The second-order valence-electron chi connectivity index (χ2n) is 7.00. The van der Waals surface area contributed by atoms with Gasteiger partial charge in [-0.25, -0.2) is 0 Å². The molecule has 0 bridgehead atoms. The van der Waals surface area contributed by atoms with Crippen LogP contribution in [0.5, 0.6) is 5.75 Å². The summed E-state index contributed by atoms with van der Waals surface area (Å²) in [5, 5.41) is 7.78. The highest BCUT2D eigenvalue weighted by atomic mass is 127. The van der Waals surface area contributed by atoms with Gasteiger partial charge in [0.15, 0.2) is 5.96 Å². The minimum Gasteiger partial charge on any atom is -0.497 e. The number of benzene rings is 1. The Morgan fingerprint density at radius 1 is 1.30 bits per heavy atom. The van der Waals surface area contributed by atoms with Gasteiger partial charge in [-0.1, -0.05) is 12.1 Å². The normalized spacial score (nSPS) is 21.6. The number of hydrogen-bond acceptors (Lipinski definition) is 4. The van der Waals surface area contributed by atoms with Crippen LogP contribution in [0.25, 0.3) is 0 Å². The van der Waals surface area contributed by atoms with Gasteiger partial charge in [-0.2, -0.15) is 11.8 Å². The van der Waals surface area contributed by atoms with E-state index in [1.165, 1.54) is 37.0 Å². The first-order valence-electron chi connectivity index (χ1n) is 9.74. The molecule has 2 heterocycles. The number of nitrogens with one attached hydrogen (secondary N) is 2. The molecule has 152 valence electrons. The van der Waals surface area contributed by atoms with Crippen LogP contribution >= 0.6 is 35.7 Å². The Morgan fingerprint density at radius 2 is 2.11 bits per heavy atom. The van der Waals surface area contributed by atoms with E-state index in [-0.39, 0.29) is 24.0 Å². The van der Waals surface area contributed by atoms with Gasteiger partial charge in [0.2, 0.25) is 0 Å². The largest absolute Gasteiger partial charge is 0.497 e. The van der Waals surface area contributed by atoms with Crippen LogP contribution in [0, 0.1) is 0 Å². The Hall–Kier alpha value is -0.670. The number of methoxy groups -OCH3 is 1. The lowest BCUT2D eigenvalue weighted by molar-refractivity contribution is 0.245. The average molecular weight is 504 g/mol. The van der Waals surface area contributed by atoms with Crippen LogP contribution < -0.4 is 15.4 Å². The Bertz CT molecular complexity index is 589. The molecule has 2 aliphatic rings. The van der Waals surface area contributed by atoms with Gasteiger partial charge in [-0.05, 0) is 62.2 Å². The van der Waals surface area contributed by atoms with E-state index in [0.29, 0.717) is 6.04 Å². The van der Waals surface area contributed by atoms with Crippen LogP contribution in [-0.2, 0) is 0 Å². The van der Waals surface area contributed by atoms with E-state index in [9.17, 15) is 0 Å². The lowest BCUT2D eigenvalue weighted by Crippen LogP contribution is -2.44. The van der Waals surface area contributed by atoms with Crippen LogP contribution in [0.3, 0.4) is 0 Å². The molecule has 2 aliphatic heterocycles. The second kappa shape index (κ2) is 12.0. The van der Waals surface area contributed by atoms with Crippen molar-refractivity contribution in [2.24, 2.45) is 4.99 Å². The summed E-state index contributed by atoms with van der Waals surface area (Å²) in [4.78, 5) is 6.99. The number of aliphatic imine (C=N–C) groups is 1. The Labute approximate surface area is 185 Å². The molecule has 2 atom stereocenters. The number of ether oxygens (including phenoxy) is 1. The molecule has 1 aromatic carbocycles. The third kappa shape index (κ3) is 6.71. The lowest BCUT2D eigenvalue weighted by atomic mass is 10.1. The maximum Gasteiger partial charge on any atom is 0.191 e. The van der Waals surface area contributed by atoms with Crippen LogP contribution in [-0.4, -0.2) is 62.2 Å². The van der Waals surface area contributed by atoms with Gasteiger partial charge >= 0.3 is 0 Å². The number of nitrogens with zero attached hydrogens (tertiary/aromatic N) is 2. The topological polar surface area (TPSA) is 48.9 Å². The SMILES string of the molecule is CN=C(NCC1CCCS1)NCC(c1cccc(OC)c1)N1CCCC1.I. The summed E-state index contributed by atoms with van der Waals surface area (Å²) in [6, 6.07) is 8.81. The van der Waals surface area contributed by atoms with Gasteiger partial charge in [0.05, 0.1) is 13.2 Å². The fourth-order valence-corrected chi connectivity index (χ4v) is 4.99. The summed E-state index contributed by atoms with van der Waals surface area (Å²) in [6.07, 6.45) is 5.23. The summed E-state index contributed by atoms with van der Waals surface area (Å²) in [6.45, 7) is 4.17. The Morgan fingerprint density at radius 3 is 2.78 bits per heavy atom. The average Bonchev–Trinajstić information content (AvgIpc) is 3.38. The highest BCUT2D eigenvalue weighted by Crippen LogP contribution is 2.27. The van der Waals surface area contributed by atoms with Gasteiger partial charge in [0.25, 0.3) is 0 Å². The van der Waals surface area contributed by atoms with Crippen LogP contribution in [0.4, 0.5) is 0 Å². The Kier molecular flexibility index (Phi) is 10.1. The van der Waals surface area contributed by atoms with E-state index >= 15 is 0 Å². The first-order chi connectivity index (χ1) is 12.8. The molecule has 0 aliphatic carbocycles. The third-order valence-corrected chi connectivity index (χ3v) is 6.67. The van der Waals surface area contributed by atoms with E-state index in [2.05, 4.69) is 50.5 Å². The van der Waals surface area contributed by atoms with Crippen molar-refractivity contribution in [1.82, 2.24) is 15.5 Å². The predicted octanol–water partition coefficient (Wildman–Crippen LogP) is 3.51. The molecule has 0 saturated carbocycles. The number of hydrogen-bond donors (Lipinski definition) is 2. The molecule has 0 aromatic heterocycles. The highest BCUT2D eigenvalue weighted by molar-refractivity contribution is 14.0. The molecule has 5 nitrogen and oxygen atoms in total. The maximum absolute atomic E-state index is 5.43.